The van der Waals surface area contributed by atoms with Gasteiger partial charge in [0.15, 0.2) is 0 Å². The number of thioether (sulfide) groups is 1. The van der Waals surface area contributed by atoms with Crippen LogP contribution in [0, 0.1) is 5.82 Å². The standard InChI is InChI=1S/C12H18FNOS/c1-3-12(15,4-2)8-16-11-6-5-9(14)7-10(11)13/h5-7,15H,3-4,8,14H2,1-2H3. The van der Waals surface area contributed by atoms with E-state index < -0.39 is 5.60 Å². The highest BCUT2D eigenvalue weighted by Gasteiger charge is 2.22. The predicted molar refractivity (Wildman–Crippen MR) is 67.1 cm³/mol. The van der Waals surface area contributed by atoms with Gasteiger partial charge in [0.05, 0.1) is 5.60 Å². The maximum Gasteiger partial charge on any atom is 0.138 e. The number of nitrogens with two attached hydrogens (primary N) is 1. The van der Waals surface area contributed by atoms with Gasteiger partial charge >= 0.3 is 0 Å². The summed E-state index contributed by atoms with van der Waals surface area (Å²) in [5, 5.41) is 10.1. The maximum absolute atomic E-state index is 13.5. The highest BCUT2D eigenvalue weighted by atomic mass is 32.2. The zero-order valence-corrected chi connectivity index (χ0v) is 10.5. The monoisotopic (exact) mass is 243 g/mol. The molecular weight excluding hydrogens is 225 g/mol. The molecule has 0 heterocycles. The lowest BCUT2D eigenvalue weighted by atomic mass is 10.0. The van der Waals surface area contributed by atoms with Crippen LogP contribution in [0.3, 0.4) is 0 Å². The Bertz CT molecular complexity index is 353. The molecule has 0 spiro atoms. The van der Waals surface area contributed by atoms with Crippen molar-refractivity contribution in [3.05, 3.63) is 24.0 Å². The van der Waals surface area contributed by atoms with Gasteiger partial charge < -0.3 is 10.8 Å². The Morgan fingerprint density at radius 3 is 2.50 bits per heavy atom. The number of halogens is 1. The first-order valence-corrected chi connectivity index (χ1v) is 6.39. The molecule has 0 aliphatic rings. The fraction of sp³-hybridized carbons (Fsp3) is 0.500. The number of hydrogen-bond acceptors (Lipinski definition) is 3. The first-order valence-electron chi connectivity index (χ1n) is 5.41. The first-order chi connectivity index (χ1) is 7.50. The van der Waals surface area contributed by atoms with Crippen molar-refractivity contribution < 1.29 is 9.50 Å². The number of anilines is 1. The van der Waals surface area contributed by atoms with Crippen molar-refractivity contribution >= 4 is 17.4 Å². The number of benzene rings is 1. The van der Waals surface area contributed by atoms with E-state index >= 15 is 0 Å². The third-order valence-corrected chi connectivity index (χ3v) is 4.09. The van der Waals surface area contributed by atoms with Gasteiger partial charge in [-0.25, -0.2) is 4.39 Å². The summed E-state index contributed by atoms with van der Waals surface area (Å²) < 4.78 is 13.5. The topological polar surface area (TPSA) is 46.2 Å². The van der Waals surface area contributed by atoms with Gasteiger partial charge in [0.2, 0.25) is 0 Å². The zero-order chi connectivity index (χ0) is 12.2. The molecule has 0 radical (unpaired) electrons. The largest absolute Gasteiger partial charge is 0.399 e. The van der Waals surface area contributed by atoms with Crippen LogP contribution in [0.2, 0.25) is 0 Å². The maximum atomic E-state index is 13.5. The lowest BCUT2D eigenvalue weighted by Gasteiger charge is -2.24. The first kappa shape index (κ1) is 13.3. The summed E-state index contributed by atoms with van der Waals surface area (Å²) in [6.07, 6.45) is 1.35. The highest BCUT2D eigenvalue weighted by Crippen LogP contribution is 2.29. The Kier molecular flexibility index (Phi) is 4.62. The molecule has 0 bridgehead atoms. The van der Waals surface area contributed by atoms with E-state index in [1.807, 2.05) is 13.8 Å². The van der Waals surface area contributed by atoms with Crippen molar-refractivity contribution in [1.82, 2.24) is 0 Å². The summed E-state index contributed by atoms with van der Waals surface area (Å²) in [7, 11) is 0. The van der Waals surface area contributed by atoms with E-state index in [2.05, 4.69) is 0 Å². The molecule has 0 amide bonds. The van der Waals surface area contributed by atoms with Crippen LogP contribution in [-0.2, 0) is 0 Å². The second kappa shape index (κ2) is 5.55. The van der Waals surface area contributed by atoms with Crippen molar-refractivity contribution in [3.63, 3.8) is 0 Å². The number of nitrogen functional groups attached to an aromatic ring is 1. The third kappa shape index (κ3) is 3.39. The number of aliphatic hydroxyl groups is 1. The molecule has 1 aromatic rings. The molecule has 0 saturated heterocycles. The summed E-state index contributed by atoms with van der Waals surface area (Å²) in [5.41, 5.74) is 5.17. The Morgan fingerprint density at radius 2 is 2.00 bits per heavy atom. The van der Waals surface area contributed by atoms with E-state index in [0.717, 1.165) is 0 Å². The van der Waals surface area contributed by atoms with Gasteiger partial charge in [0, 0.05) is 16.3 Å². The van der Waals surface area contributed by atoms with Crippen LogP contribution in [-0.4, -0.2) is 16.5 Å². The Balaban J connectivity index is 2.67. The molecule has 2 nitrogen and oxygen atoms in total. The molecule has 0 aromatic heterocycles. The summed E-state index contributed by atoms with van der Waals surface area (Å²) in [5.74, 6) is 0.181. The fourth-order valence-electron chi connectivity index (χ4n) is 1.30. The van der Waals surface area contributed by atoms with Gasteiger partial charge in [0.25, 0.3) is 0 Å². The minimum Gasteiger partial charge on any atom is -0.399 e. The lowest BCUT2D eigenvalue weighted by Crippen LogP contribution is -2.29. The lowest BCUT2D eigenvalue weighted by molar-refractivity contribution is 0.0572. The van der Waals surface area contributed by atoms with Gasteiger partial charge in [-0.1, -0.05) is 13.8 Å². The van der Waals surface area contributed by atoms with Crippen LogP contribution in [0.25, 0.3) is 0 Å². The van der Waals surface area contributed by atoms with Crippen LogP contribution in [0.1, 0.15) is 26.7 Å². The van der Waals surface area contributed by atoms with Gasteiger partial charge in [-0.05, 0) is 31.0 Å². The normalized spacial score (nSPS) is 11.8. The minimum absolute atomic E-state index is 0.320. The Morgan fingerprint density at radius 1 is 1.38 bits per heavy atom. The Hall–Kier alpha value is -0.740. The molecule has 0 aliphatic heterocycles. The quantitative estimate of drug-likeness (QED) is 0.617. The van der Waals surface area contributed by atoms with Crippen molar-refractivity contribution in [3.8, 4) is 0 Å². The predicted octanol–water partition coefficient (Wildman–Crippen LogP) is 3.05. The average molecular weight is 243 g/mol. The van der Waals surface area contributed by atoms with E-state index in [1.54, 1.807) is 12.1 Å². The van der Waals surface area contributed by atoms with Gasteiger partial charge in [-0.3, -0.25) is 0 Å². The summed E-state index contributed by atoms with van der Waals surface area (Å²) >= 11 is 1.33. The molecule has 16 heavy (non-hydrogen) atoms. The van der Waals surface area contributed by atoms with Crippen LogP contribution >= 0.6 is 11.8 Å². The second-order valence-electron chi connectivity index (χ2n) is 3.91. The second-order valence-corrected chi connectivity index (χ2v) is 4.93. The minimum atomic E-state index is -0.710. The van der Waals surface area contributed by atoms with E-state index in [-0.39, 0.29) is 5.82 Å². The van der Waals surface area contributed by atoms with E-state index in [4.69, 9.17) is 5.73 Å². The zero-order valence-electron chi connectivity index (χ0n) is 9.66. The molecule has 0 aliphatic carbocycles. The van der Waals surface area contributed by atoms with Crippen LogP contribution in [0.15, 0.2) is 23.1 Å². The SMILES string of the molecule is CCC(O)(CC)CSc1ccc(N)cc1F. The molecule has 3 N–H and O–H groups in total. The smallest absolute Gasteiger partial charge is 0.138 e. The van der Waals surface area contributed by atoms with E-state index in [9.17, 15) is 9.50 Å². The van der Waals surface area contributed by atoms with Gasteiger partial charge in [-0.2, -0.15) is 0 Å². The van der Waals surface area contributed by atoms with Crippen LogP contribution in [0.4, 0.5) is 10.1 Å². The molecule has 0 fully saturated rings. The van der Waals surface area contributed by atoms with Crippen molar-refractivity contribution in [2.75, 3.05) is 11.5 Å². The number of rotatable bonds is 5. The third-order valence-electron chi connectivity index (χ3n) is 2.77. The molecular formula is C12H18FNOS. The summed E-state index contributed by atoms with van der Waals surface area (Å²) in [6, 6.07) is 4.63. The van der Waals surface area contributed by atoms with Crippen molar-refractivity contribution in [1.29, 1.82) is 0 Å². The van der Waals surface area contributed by atoms with Crippen LogP contribution < -0.4 is 5.73 Å². The molecule has 0 unspecified atom stereocenters. The molecule has 90 valence electrons. The van der Waals surface area contributed by atoms with Crippen LogP contribution in [0.5, 0.6) is 0 Å². The highest BCUT2D eigenvalue weighted by molar-refractivity contribution is 7.99. The van der Waals surface area contributed by atoms with E-state index in [1.165, 1.54) is 17.8 Å². The molecule has 1 aromatic carbocycles. The fourth-order valence-corrected chi connectivity index (χ4v) is 2.49. The van der Waals surface area contributed by atoms with Crippen molar-refractivity contribution in [2.24, 2.45) is 0 Å². The van der Waals surface area contributed by atoms with Crippen molar-refractivity contribution in [2.45, 2.75) is 37.2 Å². The Labute approximate surface area is 100 Å². The molecule has 1 rings (SSSR count). The summed E-state index contributed by atoms with van der Waals surface area (Å²) in [6.45, 7) is 3.87. The number of hydrogen-bond donors (Lipinski definition) is 2. The van der Waals surface area contributed by atoms with E-state index in [0.29, 0.717) is 29.2 Å². The van der Waals surface area contributed by atoms with Gasteiger partial charge in [0.1, 0.15) is 5.82 Å². The molecule has 4 heteroatoms. The molecule has 0 saturated carbocycles. The average Bonchev–Trinajstić information content (AvgIpc) is 2.27. The summed E-state index contributed by atoms with van der Waals surface area (Å²) in [4.78, 5) is 0.537. The molecule has 0 atom stereocenters. The van der Waals surface area contributed by atoms with Gasteiger partial charge in [-0.15, -0.1) is 11.8 Å².